The predicted octanol–water partition coefficient (Wildman–Crippen LogP) is 3.61. The van der Waals surface area contributed by atoms with Gasteiger partial charge in [-0.15, -0.1) is 0 Å². The fourth-order valence-corrected chi connectivity index (χ4v) is 2.06. The minimum atomic E-state index is -0.176. The molecule has 6 heteroatoms. The number of benzene rings is 1. The molecule has 0 bridgehead atoms. The number of rotatable bonds is 4. The molecule has 0 radical (unpaired) electrons. The highest BCUT2D eigenvalue weighted by molar-refractivity contribution is 9.10. The van der Waals surface area contributed by atoms with E-state index < -0.39 is 0 Å². The van der Waals surface area contributed by atoms with Gasteiger partial charge in [0, 0.05) is 26.9 Å². The first kappa shape index (κ1) is 14.9. The number of hydrogen-bond donors (Lipinski definition) is 1. The first-order valence-electron chi connectivity index (χ1n) is 5.69. The number of aliphatic imine (C=N–C) groups is 1. The topological polar surface area (TPSA) is 62.5 Å². The van der Waals surface area contributed by atoms with Gasteiger partial charge in [0.15, 0.2) is 0 Å². The molecule has 0 amide bonds. The van der Waals surface area contributed by atoms with Crippen molar-refractivity contribution in [3.63, 3.8) is 0 Å². The minimum absolute atomic E-state index is 0.00979. The molecule has 102 valence electrons. The van der Waals surface area contributed by atoms with Gasteiger partial charge >= 0.3 is 0 Å². The molecule has 0 fully saturated rings. The van der Waals surface area contributed by atoms with Gasteiger partial charge in [0.2, 0.25) is 5.78 Å². The highest BCUT2D eigenvalue weighted by atomic mass is 79.9. The monoisotopic (exact) mass is 396 g/mol. The summed E-state index contributed by atoms with van der Waals surface area (Å²) in [4.78, 5) is 19.9. The zero-order valence-electron chi connectivity index (χ0n) is 10.3. The van der Waals surface area contributed by atoms with Crippen LogP contribution in [0.1, 0.15) is 16.1 Å². The van der Waals surface area contributed by atoms with Crippen molar-refractivity contribution in [1.29, 1.82) is 0 Å². The van der Waals surface area contributed by atoms with Crippen LogP contribution in [-0.4, -0.2) is 28.6 Å². The minimum Gasteiger partial charge on any atom is -0.507 e. The summed E-state index contributed by atoms with van der Waals surface area (Å²) in [7, 11) is 0. The van der Waals surface area contributed by atoms with Gasteiger partial charge in [0.25, 0.3) is 0 Å². The molecule has 2 rings (SSSR count). The van der Waals surface area contributed by atoms with Crippen molar-refractivity contribution >= 4 is 43.9 Å². The van der Waals surface area contributed by atoms with Crippen molar-refractivity contribution in [2.24, 2.45) is 4.99 Å². The molecular formula is C14H10Br2N2O2. The molecular weight excluding hydrogens is 388 g/mol. The average Bonchev–Trinajstić information content (AvgIpc) is 2.42. The molecule has 2 aromatic rings. The van der Waals surface area contributed by atoms with Crippen molar-refractivity contribution in [1.82, 2.24) is 4.98 Å². The number of halogens is 2. The Balaban J connectivity index is 2.02. The summed E-state index contributed by atoms with van der Waals surface area (Å²) in [5.74, 6) is -0.0670. The maximum atomic E-state index is 11.8. The van der Waals surface area contributed by atoms with Crippen LogP contribution in [0, 0.1) is 0 Å². The normalized spacial score (nSPS) is 10.9. The van der Waals surface area contributed by atoms with Crippen molar-refractivity contribution in [3.05, 3.63) is 56.7 Å². The van der Waals surface area contributed by atoms with Crippen LogP contribution in [-0.2, 0) is 0 Å². The number of aromatic nitrogens is 1. The number of ketones is 1. The zero-order chi connectivity index (χ0) is 14.5. The Labute approximate surface area is 132 Å². The molecule has 0 spiro atoms. The van der Waals surface area contributed by atoms with E-state index in [0.717, 1.165) is 8.95 Å². The Kier molecular flexibility index (Phi) is 5.03. The number of Topliss-reactive ketones (excluding diaryl/α,β-unsaturated/α-hetero) is 1. The van der Waals surface area contributed by atoms with Gasteiger partial charge in [-0.1, -0.05) is 15.9 Å². The number of hydrogen-bond acceptors (Lipinski definition) is 4. The van der Waals surface area contributed by atoms with Crippen LogP contribution in [0.25, 0.3) is 0 Å². The summed E-state index contributed by atoms with van der Waals surface area (Å²) in [6.45, 7) is -0.00979. The molecule has 1 aromatic heterocycles. The van der Waals surface area contributed by atoms with Crippen molar-refractivity contribution < 1.29 is 9.90 Å². The fourth-order valence-electron chi connectivity index (χ4n) is 1.47. The molecule has 1 aromatic carbocycles. The van der Waals surface area contributed by atoms with Crippen LogP contribution < -0.4 is 0 Å². The molecule has 0 unspecified atom stereocenters. The van der Waals surface area contributed by atoms with Gasteiger partial charge in [-0.2, -0.15) is 0 Å². The molecule has 1 N–H and O–H groups in total. The molecule has 0 atom stereocenters. The van der Waals surface area contributed by atoms with Crippen molar-refractivity contribution in [2.45, 2.75) is 0 Å². The number of aromatic hydroxyl groups is 1. The van der Waals surface area contributed by atoms with Gasteiger partial charge in [-0.3, -0.25) is 14.8 Å². The first-order valence-corrected chi connectivity index (χ1v) is 7.28. The van der Waals surface area contributed by atoms with Gasteiger partial charge < -0.3 is 5.11 Å². The van der Waals surface area contributed by atoms with E-state index in [2.05, 4.69) is 41.8 Å². The van der Waals surface area contributed by atoms with Crippen molar-refractivity contribution in [3.8, 4) is 5.75 Å². The lowest BCUT2D eigenvalue weighted by atomic mass is 10.2. The average molecular weight is 398 g/mol. The lowest BCUT2D eigenvalue weighted by molar-refractivity contribution is 0.0997. The largest absolute Gasteiger partial charge is 0.507 e. The molecule has 0 aliphatic rings. The number of nitrogens with zero attached hydrogens (tertiary/aromatic N) is 2. The lowest BCUT2D eigenvalue weighted by Gasteiger charge is -1.99. The summed E-state index contributed by atoms with van der Waals surface area (Å²) in [5.41, 5.74) is 0.926. The summed E-state index contributed by atoms with van der Waals surface area (Å²) in [6.07, 6.45) is 3.04. The number of carbonyl (C=O) groups excluding carboxylic acids is 1. The quantitative estimate of drug-likeness (QED) is 0.633. The fraction of sp³-hybridized carbons (Fsp3) is 0.0714. The molecule has 0 aliphatic carbocycles. The highest BCUT2D eigenvalue weighted by Gasteiger charge is 2.06. The standard InChI is InChI=1S/C14H10Br2N2O2/c15-10-2-1-9(13(19)5-10)6-17-8-14(20)12-4-3-11(16)7-18-12/h1-7,19H,8H2. The molecule has 0 aliphatic heterocycles. The molecule has 1 heterocycles. The van der Waals surface area contributed by atoms with E-state index in [4.69, 9.17) is 0 Å². The second-order valence-electron chi connectivity index (χ2n) is 3.96. The van der Waals surface area contributed by atoms with Gasteiger partial charge in [-0.05, 0) is 46.3 Å². The van der Waals surface area contributed by atoms with Crippen LogP contribution in [0.15, 0.2) is 50.5 Å². The number of pyridine rings is 1. The van der Waals surface area contributed by atoms with E-state index in [1.165, 1.54) is 6.21 Å². The summed E-state index contributed by atoms with van der Waals surface area (Å²) in [6, 6.07) is 8.47. The Morgan fingerprint density at radius 1 is 1.25 bits per heavy atom. The summed E-state index contributed by atoms with van der Waals surface area (Å²) in [5, 5.41) is 9.68. The van der Waals surface area contributed by atoms with E-state index in [-0.39, 0.29) is 18.1 Å². The third kappa shape index (κ3) is 3.98. The van der Waals surface area contributed by atoms with E-state index in [1.54, 1.807) is 36.5 Å². The Morgan fingerprint density at radius 3 is 2.65 bits per heavy atom. The van der Waals surface area contributed by atoms with Crippen LogP contribution in [0.5, 0.6) is 5.75 Å². The summed E-state index contributed by atoms with van der Waals surface area (Å²) < 4.78 is 1.60. The second kappa shape index (κ2) is 6.76. The van der Waals surface area contributed by atoms with E-state index in [0.29, 0.717) is 11.3 Å². The Bertz CT molecular complexity index is 655. The van der Waals surface area contributed by atoms with Crippen molar-refractivity contribution in [2.75, 3.05) is 6.54 Å². The Morgan fingerprint density at radius 2 is 2.00 bits per heavy atom. The Hall–Kier alpha value is -1.53. The number of carbonyl (C=O) groups is 1. The SMILES string of the molecule is O=C(CN=Cc1ccc(Br)cc1O)c1ccc(Br)cn1. The third-order valence-electron chi connectivity index (χ3n) is 2.47. The highest BCUT2D eigenvalue weighted by Crippen LogP contribution is 2.20. The maximum absolute atomic E-state index is 11.8. The van der Waals surface area contributed by atoms with E-state index in [9.17, 15) is 9.90 Å². The van der Waals surface area contributed by atoms with Gasteiger partial charge in [-0.25, -0.2) is 0 Å². The molecule has 0 saturated carbocycles. The van der Waals surface area contributed by atoms with E-state index in [1.807, 2.05) is 0 Å². The van der Waals surface area contributed by atoms with Crippen LogP contribution in [0.4, 0.5) is 0 Å². The van der Waals surface area contributed by atoms with Gasteiger partial charge in [0.05, 0.1) is 0 Å². The molecule has 0 saturated heterocycles. The predicted molar refractivity (Wildman–Crippen MR) is 84.5 cm³/mol. The molecule has 20 heavy (non-hydrogen) atoms. The summed E-state index contributed by atoms with van der Waals surface area (Å²) >= 11 is 6.51. The maximum Gasteiger partial charge on any atom is 0.202 e. The second-order valence-corrected chi connectivity index (χ2v) is 5.79. The molecule has 4 nitrogen and oxygen atoms in total. The van der Waals surface area contributed by atoms with Crippen LogP contribution in [0.2, 0.25) is 0 Å². The lowest BCUT2D eigenvalue weighted by Crippen LogP contribution is -2.05. The van der Waals surface area contributed by atoms with Crippen LogP contribution >= 0.6 is 31.9 Å². The zero-order valence-corrected chi connectivity index (χ0v) is 13.4. The third-order valence-corrected chi connectivity index (χ3v) is 3.43. The number of phenols is 1. The smallest absolute Gasteiger partial charge is 0.202 e. The van der Waals surface area contributed by atoms with Gasteiger partial charge in [0.1, 0.15) is 18.0 Å². The van der Waals surface area contributed by atoms with E-state index >= 15 is 0 Å². The number of phenolic OH excluding ortho intramolecular Hbond substituents is 1. The first-order chi connectivity index (χ1) is 9.56. The van der Waals surface area contributed by atoms with Crippen LogP contribution in [0.3, 0.4) is 0 Å².